The number of aryl methyl sites for hydroxylation is 1. The first-order chi connectivity index (χ1) is 16.9. The van der Waals surface area contributed by atoms with E-state index in [0.29, 0.717) is 53.0 Å². The van der Waals surface area contributed by atoms with Crippen LogP contribution in [0.4, 0.5) is 11.4 Å². The van der Waals surface area contributed by atoms with E-state index in [1.165, 1.54) is 0 Å². The summed E-state index contributed by atoms with van der Waals surface area (Å²) in [6.07, 6.45) is 1.81. The molecule has 0 fully saturated rings. The van der Waals surface area contributed by atoms with Crippen LogP contribution in [0.5, 0.6) is 5.75 Å². The number of ether oxygens (including phenoxy) is 1. The zero-order chi connectivity index (χ0) is 25.0. The average molecular weight is 530 g/mol. The molecule has 0 aliphatic carbocycles. The number of thiocarbonyl (C=S) groups is 1. The van der Waals surface area contributed by atoms with Crippen LogP contribution in [0.15, 0.2) is 72.8 Å². The maximum Gasteiger partial charge on any atom is 0.226 e. The third-order valence-electron chi connectivity index (χ3n) is 4.86. The number of amides is 2. The molecule has 3 aromatic rings. The molecule has 0 aliphatic rings. The molecule has 3 N–H and O–H groups in total. The van der Waals surface area contributed by atoms with Crippen LogP contribution in [0.1, 0.15) is 24.8 Å². The number of rotatable bonds is 10. The largest absolute Gasteiger partial charge is 0.492 e. The Morgan fingerprint density at radius 2 is 1.51 bits per heavy atom. The van der Waals surface area contributed by atoms with E-state index in [2.05, 4.69) is 16.0 Å². The van der Waals surface area contributed by atoms with Gasteiger partial charge in [0.15, 0.2) is 5.11 Å². The second-order valence-corrected chi connectivity index (χ2v) is 8.89. The summed E-state index contributed by atoms with van der Waals surface area (Å²) in [6.45, 7) is 0.327. The molecule has 2 amide bonds. The van der Waals surface area contributed by atoms with Crippen molar-refractivity contribution in [2.75, 3.05) is 17.2 Å². The van der Waals surface area contributed by atoms with Gasteiger partial charge in [-0.15, -0.1) is 0 Å². The Kier molecular flexibility index (Phi) is 10.3. The fourth-order valence-corrected chi connectivity index (χ4v) is 3.82. The van der Waals surface area contributed by atoms with Gasteiger partial charge in [0.2, 0.25) is 11.8 Å². The van der Waals surface area contributed by atoms with Crippen molar-refractivity contribution >= 4 is 63.7 Å². The van der Waals surface area contributed by atoms with Crippen molar-refractivity contribution in [2.45, 2.75) is 25.7 Å². The molecule has 3 aromatic carbocycles. The van der Waals surface area contributed by atoms with Crippen LogP contribution in [0.25, 0.3) is 0 Å². The normalized spacial score (nSPS) is 10.3. The highest BCUT2D eigenvalue weighted by Gasteiger charge is 2.08. The molecule has 0 saturated heterocycles. The Morgan fingerprint density at radius 1 is 0.829 bits per heavy atom. The Labute approximate surface area is 220 Å². The third-order valence-corrected chi connectivity index (χ3v) is 5.60. The molecule has 0 saturated carbocycles. The Balaban J connectivity index is 1.34. The minimum absolute atomic E-state index is 0.0559. The molecule has 0 aliphatic heterocycles. The van der Waals surface area contributed by atoms with E-state index in [1.807, 2.05) is 30.3 Å². The van der Waals surface area contributed by atoms with Crippen molar-refractivity contribution in [3.05, 3.63) is 88.4 Å². The number of hydrogen-bond donors (Lipinski definition) is 3. The first kappa shape index (κ1) is 26.5. The molecule has 35 heavy (non-hydrogen) atoms. The van der Waals surface area contributed by atoms with Gasteiger partial charge in [-0.25, -0.2) is 0 Å². The van der Waals surface area contributed by atoms with Gasteiger partial charge in [0.25, 0.3) is 0 Å². The highest BCUT2D eigenvalue weighted by molar-refractivity contribution is 7.80. The summed E-state index contributed by atoms with van der Waals surface area (Å²) in [5.41, 5.74) is 2.50. The van der Waals surface area contributed by atoms with Crippen molar-refractivity contribution < 1.29 is 14.3 Å². The van der Waals surface area contributed by atoms with Crippen LogP contribution in [0.3, 0.4) is 0 Å². The predicted molar refractivity (Wildman–Crippen MR) is 145 cm³/mol. The molecule has 0 bridgehead atoms. The highest BCUT2D eigenvalue weighted by atomic mass is 35.5. The molecule has 0 heterocycles. The molecule has 182 valence electrons. The molecule has 0 unspecified atom stereocenters. The van der Waals surface area contributed by atoms with Crippen molar-refractivity contribution in [1.29, 1.82) is 0 Å². The fraction of sp³-hybridized carbons (Fsp3) is 0.192. The van der Waals surface area contributed by atoms with Gasteiger partial charge in [0.05, 0.1) is 11.6 Å². The standard InChI is InChI=1S/C26H25Cl2N3O3S/c27-19-9-14-23(22(28)17-19)34-16-4-7-24(32)31-26(35)30-21-12-10-20(11-13-21)29-25(33)15-8-18-5-2-1-3-6-18/h1-3,5-6,9-14,17H,4,7-8,15-16H2,(H,29,33)(H2,30,31,32,35). The van der Waals surface area contributed by atoms with E-state index in [1.54, 1.807) is 42.5 Å². The summed E-state index contributed by atoms with van der Waals surface area (Å²) < 4.78 is 5.57. The number of benzene rings is 3. The second kappa shape index (κ2) is 13.7. The Hall–Kier alpha value is -3.13. The maximum atomic E-state index is 12.2. The Bertz CT molecular complexity index is 1160. The van der Waals surface area contributed by atoms with Crippen LogP contribution in [0, 0.1) is 0 Å². The summed E-state index contributed by atoms with van der Waals surface area (Å²) in [5.74, 6) is 0.236. The summed E-state index contributed by atoms with van der Waals surface area (Å²) in [4.78, 5) is 24.3. The number of nitrogens with one attached hydrogen (secondary N) is 3. The molecule has 0 spiro atoms. The lowest BCUT2D eigenvalue weighted by molar-refractivity contribution is -0.120. The zero-order valence-electron chi connectivity index (χ0n) is 18.9. The van der Waals surface area contributed by atoms with E-state index in [0.717, 1.165) is 5.56 Å². The van der Waals surface area contributed by atoms with E-state index < -0.39 is 0 Å². The molecule has 9 heteroatoms. The van der Waals surface area contributed by atoms with Gasteiger partial charge in [0, 0.05) is 29.2 Å². The van der Waals surface area contributed by atoms with Crippen LogP contribution >= 0.6 is 35.4 Å². The Morgan fingerprint density at radius 3 is 2.20 bits per heavy atom. The van der Waals surface area contributed by atoms with Gasteiger partial charge in [-0.1, -0.05) is 53.5 Å². The monoisotopic (exact) mass is 529 g/mol. The van der Waals surface area contributed by atoms with Crippen molar-refractivity contribution in [1.82, 2.24) is 5.32 Å². The smallest absolute Gasteiger partial charge is 0.226 e. The third kappa shape index (κ3) is 9.56. The average Bonchev–Trinajstić information content (AvgIpc) is 2.83. The van der Waals surface area contributed by atoms with E-state index >= 15 is 0 Å². The molecule has 3 rings (SSSR count). The van der Waals surface area contributed by atoms with Crippen molar-refractivity contribution in [3.63, 3.8) is 0 Å². The first-order valence-electron chi connectivity index (χ1n) is 11.0. The lowest BCUT2D eigenvalue weighted by Gasteiger charge is -2.11. The van der Waals surface area contributed by atoms with E-state index in [4.69, 9.17) is 40.2 Å². The van der Waals surface area contributed by atoms with Gasteiger partial charge in [-0.05, 0) is 73.1 Å². The van der Waals surface area contributed by atoms with Gasteiger partial charge in [0.1, 0.15) is 5.75 Å². The fourth-order valence-electron chi connectivity index (χ4n) is 3.12. The summed E-state index contributed by atoms with van der Waals surface area (Å²) in [7, 11) is 0. The van der Waals surface area contributed by atoms with Crippen molar-refractivity contribution in [2.24, 2.45) is 0 Å². The van der Waals surface area contributed by atoms with Crippen LogP contribution in [-0.2, 0) is 16.0 Å². The van der Waals surface area contributed by atoms with Crippen LogP contribution < -0.4 is 20.7 Å². The first-order valence-corrected chi connectivity index (χ1v) is 12.2. The van der Waals surface area contributed by atoms with Crippen LogP contribution in [-0.4, -0.2) is 23.5 Å². The van der Waals surface area contributed by atoms with Crippen LogP contribution in [0.2, 0.25) is 10.0 Å². The number of halogens is 2. The van der Waals surface area contributed by atoms with Crippen molar-refractivity contribution in [3.8, 4) is 5.75 Å². The number of carbonyl (C=O) groups is 2. The highest BCUT2D eigenvalue weighted by Crippen LogP contribution is 2.27. The van der Waals surface area contributed by atoms with Gasteiger partial charge in [-0.3, -0.25) is 9.59 Å². The molecule has 0 aromatic heterocycles. The van der Waals surface area contributed by atoms with Gasteiger partial charge < -0.3 is 20.7 Å². The summed E-state index contributed by atoms with van der Waals surface area (Å²) >= 11 is 17.1. The van der Waals surface area contributed by atoms with Gasteiger partial charge >= 0.3 is 0 Å². The summed E-state index contributed by atoms with van der Waals surface area (Å²) in [6, 6.07) is 21.9. The molecule has 0 atom stereocenters. The molecule has 0 radical (unpaired) electrons. The second-order valence-electron chi connectivity index (χ2n) is 7.64. The molecular weight excluding hydrogens is 505 g/mol. The number of carbonyl (C=O) groups excluding carboxylic acids is 2. The minimum Gasteiger partial charge on any atom is -0.492 e. The SMILES string of the molecule is O=C(CCCOc1ccc(Cl)cc1Cl)NC(=S)Nc1ccc(NC(=O)CCc2ccccc2)cc1. The zero-order valence-corrected chi connectivity index (χ0v) is 21.2. The topological polar surface area (TPSA) is 79.5 Å². The lowest BCUT2D eigenvalue weighted by Crippen LogP contribution is -2.34. The van der Waals surface area contributed by atoms with E-state index in [9.17, 15) is 9.59 Å². The maximum absolute atomic E-state index is 12.2. The van der Waals surface area contributed by atoms with Gasteiger partial charge in [-0.2, -0.15) is 0 Å². The molecule has 6 nitrogen and oxygen atoms in total. The van der Waals surface area contributed by atoms with E-state index in [-0.39, 0.29) is 23.3 Å². The number of anilines is 2. The quantitative estimate of drug-likeness (QED) is 0.214. The number of hydrogen-bond acceptors (Lipinski definition) is 4. The minimum atomic E-state index is -0.226. The molecular formula is C26H25Cl2N3O3S. The lowest BCUT2D eigenvalue weighted by atomic mass is 10.1. The summed E-state index contributed by atoms with van der Waals surface area (Å²) in [5, 5.41) is 9.61. The predicted octanol–water partition coefficient (Wildman–Crippen LogP) is 6.24.